The molecule has 1 aliphatic heterocycles. The minimum atomic E-state index is -1.90. The zero-order valence-electron chi connectivity index (χ0n) is 11.6. The van der Waals surface area contributed by atoms with Crippen molar-refractivity contribution < 1.29 is 18.6 Å². The van der Waals surface area contributed by atoms with Crippen LogP contribution in [0.2, 0.25) is 0 Å². The van der Waals surface area contributed by atoms with Gasteiger partial charge in [0, 0.05) is 20.4 Å². The molecule has 4 atom stereocenters. The van der Waals surface area contributed by atoms with Crippen molar-refractivity contribution in [3.8, 4) is 0 Å². The largest absolute Gasteiger partial charge is 0.383 e. The van der Waals surface area contributed by atoms with Crippen molar-refractivity contribution in [3.63, 3.8) is 0 Å². The van der Waals surface area contributed by atoms with Gasteiger partial charge in [0.1, 0.15) is 18.0 Å². The summed E-state index contributed by atoms with van der Waals surface area (Å²) in [4.78, 5) is 15.4. The molecule has 2 N–H and O–H groups in total. The molecule has 1 aromatic rings. The van der Waals surface area contributed by atoms with Crippen molar-refractivity contribution in [1.82, 2.24) is 9.55 Å². The van der Waals surface area contributed by atoms with Gasteiger partial charge in [0.2, 0.25) is 0 Å². The van der Waals surface area contributed by atoms with Crippen molar-refractivity contribution in [2.75, 3.05) is 26.6 Å². The molecule has 112 valence electrons. The van der Waals surface area contributed by atoms with Gasteiger partial charge >= 0.3 is 5.69 Å². The Kier molecular flexibility index (Phi) is 4.07. The summed E-state index contributed by atoms with van der Waals surface area (Å²) in [5, 5.41) is 0. The second-order valence-corrected chi connectivity index (χ2v) is 4.83. The van der Waals surface area contributed by atoms with Crippen LogP contribution in [0.25, 0.3) is 0 Å². The summed E-state index contributed by atoms with van der Waals surface area (Å²) < 4.78 is 31.8. The highest BCUT2D eigenvalue weighted by atomic mass is 19.1. The van der Waals surface area contributed by atoms with Crippen LogP contribution in [0.5, 0.6) is 0 Å². The summed E-state index contributed by atoms with van der Waals surface area (Å²) in [6.45, 7) is 1.48. The maximum absolute atomic E-state index is 15.0. The molecule has 1 aliphatic rings. The molecule has 0 aliphatic carbocycles. The Labute approximate surface area is 115 Å². The Hall–Kier alpha value is -1.51. The molecular weight excluding hydrogens is 269 g/mol. The third-order valence-corrected chi connectivity index (χ3v) is 3.37. The van der Waals surface area contributed by atoms with Crippen LogP contribution in [0.4, 0.5) is 10.2 Å². The number of nitrogens with two attached hydrogens (primary N) is 1. The third-order valence-electron chi connectivity index (χ3n) is 3.37. The molecule has 1 aromatic heterocycles. The minimum Gasteiger partial charge on any atom is -0.383 e. The fourth-order valence-corrected chi connectivity index (χ4v) is 2.49. The SMILES string of the molecule is COC[C@H]1O[C@@H](n2ccc(N)nc2=O)[C@](C)(F)C1OC. The van der Waals surface area contributed by atoms with Crippen LogP contribution in [0.15, 0.2) is 17.1 Å². The molecule has 0 radical (unpaired) electrons. The lowest BCUT2D eigenvalue weighted by Gasteiger charge is -2.26. The van der Waals surface area contributed by atoms with Gasteiger partial charge in [0.25, 0.3) is 0 Å². The lowest BCUT2D eigenvalue weighted by atomic mass is 9.98. The number of halogens is 1. The molecule has 0 saturated carbocycles. The maximum atomic E-state index is 15.0. The number of hydrogen-bond acceptors (Lipinski definition) is 6. The van der Waals surface area contributed by atoms with E-state index in [4.69, 9.17) is 19.9 Å². The van der Waals surface area contributed by atoms with Gasteiger partial charge in [-0.2, -0.15) is 4.98 Å². The lowest BCUT2D eigenvalue weighted by molar-refractivity contribution is -0.0666. The van der Waals surface area contributed by atoms with E-state index in [1.807, 2.05) is 0 Å². The van der Waals surface area contributed by atoms with E-state index in [1.54, 1.807) is 0 Å². The molecule has 1 saturated heterocycles. The van der Waals surface area contributed by atoms with Crippen molar-refractivity contribution in [1.29, 1.82) is 0 Å². The first-order valence-electron chi connectivity index (χ1n) is 6.12. The van der Waals surface area contributed by atoms with E-state index in [0.29, 0.717) is 0 Å². The molecular formula is C12H18FN3O4. The number of hydrogen-bond donors (Lipinski definition) is 1. The van der Waals surface area contributed by atoms with Gasteiger partial charge in [-0.1, -0.05) is 0 Å². The Morgan fingerprint density at radius 2 is 2.30 bits per heavy atom. The number of aromatic nitrogens is 2. The van der Waals surface area contributed by atoms with E-state index >= 15 is 0 Å². The molecule has 1 fully saturated rings. The number of alkyl halides is 1. The van der Waals surface area contributed by atoms with Crippen molar-refractivity contribution in [3.05, 3.63) is 22.7 Å². The fourth-order valence-electron chi connectivity index (χ4n) is 2.49. The molecule has 2 rings (SSSR count). The second kappa shape index (κ2) is 5.47. The average molecular weight is 287 g/mol. The van der Waals surface area contributed by atoms with E-state index in [2.05, 4.69) is 4.98 Å². The standard InChI is InChI=1S/C12H18FN3O4/c1-12(13)9(19-3)7(6-18-2)20-10(12)16-5-4-8(14)15-11(16)17/h4-5,7,9-10H,6H2,1-3H3,(H2,14,15,17)/t7-,9?,10-,12-/m1/s1. The first-order chi connectivity index (χ1) is 9.41. The van der Waals surface area contributed by atoms with Crippen molar-refractivity contribution >= 4 is 5.82 Å². The van der Waals surface area contributed by atoms with E-state index in [-0.39, 0.29) is 12.4 Å². The molecule has 0 aromatic carbocycles. The molecule has 8 heteroatoms. The Balaban J connectivity index is 2.38. The van der Waals surface area contributed by atoms with Gasteiger partial charge in [-0.05, 0) is 13.0 Å². The Morgan fingerprint density at radius 1 is 1.60 bits per heavy atom. The molecule has 20 heavy (non-hydrogen) atoms. The van der Waals surface area contributed by atoms with Crippen LogP contribution >= 0.6 is 0 Å². The quantitative estimate of drug-likeness (QED) is 0.845. The predicted molar refractivity (Wildman–Crippen MR) is 69.0 cm³/mol. The van der Waals surface area contributed by atoms with Crippen molar-refractivity contribution in [2.24, 2.45) is 0 Å². The Morgan fingerprint density at radius 3 is 2.85 bits per heavy atom. The minimum absolute atomic E-state index is 0.0709. The normalized spacial score (nSPS) is 33.5. The fraction of sp³-hybridized carbons (Fsp3) is 0.667. The molecule has 1 unspecified atom stereocenters. The highest BCUT2D eigenvalue weighted by Crippen LogP contribution is 2.42. The highest BCUT2D eigenvalue weighted by molar-refractivity contribution is 5.23. The van der Waals surface area contributed by atoms with Gasteiger partial charge in [-0.25, -0.2) is 9.18 Å². The smallest absolute Gasteiger partial charge is 0.351 e. The zero-order valence-corrected chi connectivity index (χ0v) is 11.6. The van der Waals surface area contributed by atoms with Crippen molar-refractivity contribution in [2.45, 2.75) is 31.0 Å². The molecule has 0 bridgehead atoms. The first kappa shape index (κ1) is 14.9. The number of nitrogens with zero attached hydrogens (tertiary/aromatic N) is 2. The number of ether oxygens (including phenoxy) is 3. The predicted octanol–water partition coefficient (Wildman–Crippen LogP) is 0.113. The summed E-state index contributed by atoms with van der Waals surface area (Å²) in [5.41, 5.74) is 2.84. The van der Waals surface area contributed by atoms with E-state index in [9.17, 15) is 9.18 Å². The van der Waals surface area contributed by atoms with Gasteiger partial charge in [0.15, 0.2) is 11.9 Å². The number of methoxy groups -OCH3 is 2. The highest BCUT2D eigenvalue weighted by Gasteiger charge is 2.56. The van der Waals surface area contributed by atoms with Crippen LogP contribution < -0.4 is 11.4 Å². The molecule has 2 heterocycles. The summed E-state index contributed by atoms with van der Waals surface area (Å²) in [5.74, 6) is 0.0709. The lowest BCUT2D eigenvalue weighted by Crippen LogP contribution is -2.44. The number of rotatable bonds is 4. The summed E-state index contributed by atoms with van der Waals surface area (Å²) in [6, 6.07) is 1.41. The van der Waals surface area contributed by atoms with E-state index in [0.717, 1.165) is 4.57 Å². The van der Waals surface area contributed by atoms with Crippen LogP contribution in [0, 0.1) is 0 Å². The summed E-state index contributed by atoms with van der Waals surface area (Å²) in [6.07, 6.45) is -1.26. The maximum Gasteiger partial charge on any atom is 0.351 e. The van der Waals surface area contributed by atoms with E-state index < -0.39 is 29.8 Å². The molecule has 7 nitrogen and oxygen atoms in total. The van der Waals surface area contributed by atoms with Gasteiger partial charge < -0.3 is 19.9 Å². The number of nitrogen functional groups attached to an aromatic ring is 1. The van der Waals surface area contributed by atoms with Crippen LogP contribution in [0.3, 0.4) is 0 Å². The topological polar surface area (TPSA) is 88.6 Å². The second-order valence-electron chi connectivity index (χ2n) is 4.83. The Bertz CT molecular complexity index is 534. The first-order valence-corrected chi connectivity index (χ1v) is 6.12. The van der Waals surface area contributed by atoms with Gasteiger partial charge in [0.05, 0.1) is 6.61 Å². The summed E-state index contributed by atoms with van der Waals surface area (Å²) in [7, 11) is 2.87. The third kappa shape index (κ3) is 2.41. The zero-order chi connectivity index (χ0) is 14.9. The molecule has 0 amide bonds. The van der Waals surface area contributed by atoms with Crippen LogP contribution in [0.1, 0.15) is 13.2 Å². The van der Waals surface area contributed by atoms with Gasteiger partial charge in [-0.3, -0.25) is 4.57 Å². The molecule has 0 spiro atoms. The van der Waals surface area contributed by atoms with Gasteiger partial charge in [-0.15, -0.1) is 0 Å². The monoisotopic (exact) mass is 287 g/mol. The number of anilines is 1. The summed E-state index contributed by atoms with van der Waals surface area (Å²) >= 11 is 0. The van der Waals surface area contributed by atoms with Crippen LogP contribution in [-0.2, 0) is 14.2 Å². The van der Waals surface area contributed by atoms with E-state index in [1.165, 1.54) is 33.4 Å². The average Bonchev–Trinajstić information content (AvgIpc) is 2.61. The van der Waals surface area contributed by atoms with Crippen LogP contribution in [-0.4, -0.2) is 48.3 Å².